The lowest BCUT2D eigenvalue weighted by molar-refractivity contribution is 0.122. The van der Waals surface area contributed by atoms with Crippen LogP contribution in [0.5, 0.6) is 0 Å². The van der Waals surface area contributed by atoms with Gasteiger partial charge in [-0.15, -0.1) is 0 Å². The average Bonchev–Trinajstić information content (AvgIpc) is 3.24. The van der Waals surface area contributed by atoms with E-state index in [4.69, 9.17) is 14.7 Å². The Labute approximate surface area is 179 Å². The van der Waals surface area contributed by atoms with Crippen LogP contribution in [0.2, 0.25) is 0 Å². The van der Waals surface area contributed by atoms with E-state index in [-0.39, 0.29) is 11.9 Å². The first-order chi connectivity index (χ1) is 15.2. The van der Waals surface area contributed by atoms with Crippen LogP contribution in [-0.4, -0.2) is 46.1 Å². The molecule has 0 aliphatic carbocycles. The predicted octanol–water partition coefficient (Wildman–Crippen LogP) is 3.96. The molecular weight excluding hydrogens is 395 g/mol. The molecule has 0 saturated carbocycles. The van der Waals surface area contributed by atoms with Crippen molar-refractivity contribution in [3.8, 4) is 5.69 Å². The molecule has 1 aliphatic rings. The van der Waals surface area contributed by atoms with Gasteiger partial charge in [-0.3, -0.25) is 0 Å². The highest BCUT2D eigenvalue weighted by molar-refractivity contribution is 5.89. The molecule has 31 heavy (non-hydrogen) atoms. The van der Waals surface area contributed by atoms with Gasteiger partial charge in [0.25, 0.3) is 0 Å². The summed E-state index contributed by atoms with van der Waals surface area (Å²) in [5.74, 6) is 1.06. The van der Waals surface area contributed by atoms with Gasteiger partial charge in [0.05, 0.1) is 36.5 Å². The molecule has 0 bridgehead atoms. The van der Waals surface area contributed by atoms with E-state index in [1.165, 1.54) is 12.1 Å². The van der Waals surface area contributed by atoms with Crippen molar-refractivity contribution in [3.63, 3.8) is 0 Å². The highest BCUT2D eigenvalue weighted by atomic mass is 19.1. The molecular formula is C23H23FN6O. The minimum atomic E-state index is -0.289. The van der Waals surface area contributed by atoms with Crippen molar-refractivity contribution < 1.29 is 9.13 Å². The summed E-state index contributed by atoms with van der Waals surface area (Å²) in [4.78, 5) is 11.8. The molecule has 1 fully saturated rings. The van der Waals surface area contributed by atoms with Crippen molar-refractivity contribution in [2.24, 2.45) is 0 Å². The number of morpholine rings is 1. The van der Waals surface area contributed by atoms with Crippen LogP contribution in [0.3, 0.4) is 0 Å². The third-order valence-electron chi connectivity index (χ3n) is 5.44. The van der Waals surface area contributed by atoms with Crippen LogP contribution in [0.25, 0.3) is 16.7 Å². The minimum Gasteiger partial charge on any atom is -0.378 e. The molecule has 2 aromatic heterocycles. The van der Waals surface area contributed by atoms with Crippen LogP contribution >= 0.6 is 0 Å². The number of aromatic nitrogens is 4. The van der Waals surface area contributed by atoms with E-state index in [1.807, 2.05) is 18.2 Å². The van der Waals surface area contributed by atoms with E-state index in [0.29, 0.717) is 24.8 Å². The Bertz CT molecular complexity index is 1170. The van der Waals surface area contributed by atoms with Gasteiger partial charge in [0.2, 0.25) is 5.95 Å². The molecule has 0 radical (unpaired) electrons. The Morgan fingerprint density at radius 1 is 1.00 bits per heavy atom. The Morgan fingerprint density at radius 3 is 2.48 bits per heavy atom. The molecule has 3 heterocycles. The maximum Gasteiger partial charge on any atom is 0.227 e. The molecule has 0 unspecified atom stereocenters. The zero-order valence-corrected chi connectivity index (χ0v) is 17.2. The van der Waals surface area contributed by atoms with E-state index in [1.54, 1.807) is 23.0 Å². The third kappa shape index (κ3) is 3.94. The molecule has 7 nitrogen and oxygen atoms in total. The number of benzene rings is 2. The number of hydrogen-bond acceptors (Lipinski definition) is 6. The van der Waals surface area contributed by atoms with Gasteiger partial charge < -0.3 is 15.0 Å². The van der Waals surface area contributed by atoms with Gasteiger partial charge in [0, 0.05) is 13.1 Å². The maximum absolute atomic E-state index is 13.4. The van der Waals surface area contributed by atoms with Crippen LogP contribution in [0.15, 0.2) is 60.8 Å². The summed E-state index contributed by atoms with van der Waals surface area (Å²) >= 11 is 0. The average molecular weight is 418 g/mol. The number of hydrogen-bond donors (Lipinski definition) is 1. The zero-order chi connectivity index (χ0) is 21.2. The number of nitrogens with zero attached hydrogens (tertiary/aromatic N) is 5. The zero-order valence-electron chi connectivity index (χ0n) is 17.2. The van der Waals surface area contributed by atoms with Gasteiger partial charge in [-0.25, -0.2) is 9.07 Å². The van der Waals surface area contributed by atoms with E-state index >= 15 is 0 Å². The quantitative estimate of drug-likeness (QED) is 0.529. The fourth-order valence-electron chi connectivity index (χ4n) is 3.76. The van der Waals surface area contributed by atoms with Crippen LogP contribution in [0.1, 0.15) is 18.5 Å². The van der Waals surface area contributed by atoms with Crippen molar-refractivity contribution in [1.29, 1.82) is 0 Å². The van der Waals surface area contributed by atoms with E-state index in [9.17, 15) is 4.39 Å². The fourth-order valence-corrected chi connectivity index (χ4v) is 3.76. The van der Waals surface area contributed by atoms with Crippen molar-refractivity contribution in [1.82, 2.24) is 19.7 Å². The summed E-state index contributed by atoms with van der Waals surface area (Å²) in [7, 11) is 0. The Kier molecular flexibility index (Phi) is 5.21. The Morgan fingerprint density at radius 2 is 1.74 bits per heavy atom. The van der Waals surface area contributed by atoms with Crippen LogP contribution < -0.4 is 10.2 Å². The monoisotopic (exact) mass is 418 g/mol. The molecule has 5 rings (SSSR count). The van der Waals surface area contributed by atoms with Gasteiger partial charge >= 0.3 is 0 Å². The van der Waals surface area contributed by atoms with Gasteiger partial charge in [-0.05, 0) is 36.8 Å². The number of nitrogens with one attached hydrogen (secondary N) is 1. The van der Waals surface area contributed by atoms with Crippen molar-refractivity contribution in [2.45, 2.75) is 13.0 Å². The fraction of sp³-hybridized carbons (Fsp3) is 0.261. The number of fused-ring (bicyclic) bond motifs is 1. The van der Waals surface area contributed by atoms with Crippen LogP contribution in [0, 0.1) is 5.82 Å². The van der Waals surface area contributed by atoms with Gasteiger partial charge in [0.15, 0.2) is 5.65 Å². The first-order valence-corrected chi connectivity index (χ1v) is 10.3. The normalized spacial score (nSPS) is 15.2. The molecule has 0 spiro atoms. The first kappa shape index (κ1) is 19.4. The third-order valence-corrected chi connectivity index (χ3v) is 5.44. The molecule has 8 heteroatoms. The lowest BCUT2D eigenvalue weighted by Gasteiger charge is -2.28. The summed E-state index contributed by atoms with van der Waals surface area (Å²) in [5, 5.41) is 8.81. The summed E-state index contributed by atoms with van der Waals surface area (Å²) < 4.78 is 20.7. The summed E-state index contributed by atoms with van der Waals surface area (Å²) in [5.41, 5.74) is 2.56. The summed E-state index contributed by atoms with van der Waals surface area (Å²) in [6.07, 6.45) is 1.77. The standard InChI is InChI=1S/C23H23FN6O/c1-16(17-5-3-2-4-6-17)26-23-27-21(29-11-13-31-14-12-29)20-15-25-30(22(20)28-23)19-9-7-18(24)8-10-19/h2-10,15-16H,11-14H2,1H3,(H,26,27,28)/t16-/m0/s1. The summed E-state index contributed by atoms with van der Waals surface area (Å²) in [6.45, 7) is 4.89. The van der Waals surface area contributed by atoms with E-state index in [2.05, 4.69) is 34.4 Å². The van der Waals surface area contributed by atoms with Crippen molar-refractivity contribution >= 4 is 22.8 Å². The first-order valence-electron chi connectivity index (χ1n) is 10.3. The minimum absolute atomic E-state index is 0.0263. The number of rotatable bonds is 5. The second-order valence-electron chi connectivity index (χ2n) is 7.52. The van der Waals surface area contributed by atoms with Crippen LogP contribution in [0.4, 0.5) is 16.2 Å². The second-order valence-corrected chi connectivity index (χ2v) is 7.52. The molecule has 0 amide bonds. The predicted molar refractivity (Wildman–Crippen MR) is 118 cm³/mol. The topological polar surface area (TPSA) is 68.1 Å². The molecule has 158 valence electrons. The summed E-state index contributed by atoms with van der Waals surface area (Å²) in [6, 6.07) is 16.4. The number of anilines is 2. The lowest BCUT2D eigenvalue weighted by Crippen LogP contribution is -2.37. The van der Waals surface area contributed by atoms with E-state index < -0.39 is 0 Å². The molecule has 2 aromatic carbocycles. The number of ether oxygens (including phenoxy) is 1. The van der Waals surface area contributed by atoms with Crippen LogP contribution in [-0.2, 0) is 4.74 Å². The number of halogens is 1. The smallest absolute Gasteiger partial charge is 0.227 e. The van der Waals surface area contributed by atoms with Gasteiger partial charge in [0.1, 0.15) is 11.6 Å². The van der Waals surface area contributed by atoms with Crippen molar-refractivity contribution in [3.05, 3.63) is 72.2 Å². The SMILES string of the molecule is C[C@H](Nc1nc(N2CCOCC2)c2cnn(-c3ccc(F)cc3)c2n1)c1ccccc1. The van der Waals surface area contributed by atoms with E-state index in [0.717, 1.165) is 35.5 Å². The van der Waals surface area contributed by atoms with Gasteiger partial charge in [-0.2, -0.15) is 15.1 Å². The lowest BCUT2D eigenvalue weighted by atomic mass is 10.1. The Hall–Kier alpha value is -3.52. The highest BCUT2D eigenvalue weighted by Gasteiger charge is 2.21. The Balaban J connectivity index is 1.59. The molecule has 1 atom stereocenters. The largest absolute Gasteiger partial charge is 0.378 e. The molecule has 1 saturated heterocycles. The van der Waals surface area contributed by atoms with Gasteiger partial charge in [-0.1, -0.05) is 30.3 Å². The second kappa shape index (κ2) is 8.31. The molecule has 1 N–H and O–H groups in total. The highest BCUT2D eigenvalue weighted by Crippen LogP contribution is 2.29. The maximum atomic E-state index is 13.4. The van der Waals surface area contributed by atoms with Crippen molar-refractivity contribution in [2.75, 3.05) is 36.5 Å². The molecule has 4 aromatic rings. The molecule has 1 aliphatic heterocycles.